The van der Waals surface area contributed by atoms with E-state index in [0.29, 0.717) is 5.57 Å². The summed E-state index contributed by atoms with van der Waals surface area (Å²) in [6.07, 6.45) is 6.03. The van der Waals surface area contributed by atoms with Gasteiger partial charge >= 0.3 is 11.5 Å². The maximum atomic E-state index is 13.9. The monoisotopic (exact) mass is 582 g/mol. The number of Topliss-reactive ketones (excluding diaryl/α,β-unsaturated/α-hetero) is 1. The SMILES string of the molecule is CC(C)(C)C1=CC(=CC2=C([O-])C(=C(c3ccccc3)c3cc(C(C)(C)C)[o+]c(C(C)(C)C)c3)C2=O)C=C(C(C)(C)C)S1. The highest BCUT2D eigenvalue weighted by atomic mass is 32.2. The largest absolute Gasteiger partial charge is 0.871 e. The van der Waals surface area contributed by atoms with E-state index in [1.54, 1.807) is 17.8 Å². The number of carbonyl (C=O) groups excluding carboxylic acids is 1. The molecule has 0 saturated heterocycles. The van der Waals surface area contributed by atoms with E-state index >= 15 is 0 Å². The van der Waals surface area contributed by atoms with Crippen molar-refractivity contribution in [3.8, 4) is 0 Å². The molecule has 4 rings (SSSR count). The first-order chi connectivity index (χ1) is 19.2. The highest BCUT2D eigenvalue weighted by Crippen LogP contribution is 2.49. The van der Waals surface area contributed by atoms with Gasteiger partial charge in [0.2, 0.25) is 0 Å². The van der Waals surface area contributed by atoms with E-state index in [4.69, 9.17) is 4.42 Å². The maximum Gasteiger partial charge on any atom is 0.335 e. The maximum absolute atomic E-state index is 13.9. The number of hydrogen-bond acceptors (Lipinski definition) is 3. The van der Waals surface area contributed by atoms with Crippen molar-refractivity contribution in [2.75, 3.05) is 0 Å². The Balaban J connectivity index is 1.97. The molecule has 1 aromatic carbocycles. The van der Waals surface area contributed by atoms with Crippen molar-refractivity contribution < 1.29 is 14.3 Å². The van der Waals surface area contributed by atoms with Gasteiger partial charge in [0, 0.05) is 34.4 Å². The van der Waals surface area contributed by atoms with E-state index in [2.05, 4.69) is 95.2 Å². The molecular formula is C38H46O3S. The van der Waals surface area contributed by atoms with Gasteiger partial charge in [-0.25, -0.2) is 4.42 Å². The lowest BCUT2D eigenvalue weighted by Gasteiger charge is -2.34. The Morgan fingerprint density at radius 1 is 0.714 bits per heavy atom. The Hall–Kier alpha value is -3.11. The molecule has 4 heteroatoms. The molecule has 1 aliphatic heterocycles. The molecule has 0 spiro atoms. The highest BCUT2D eigenvalue weighted by molar-refractivity contribution is 8.06. The lowest BCUT2D eigenvalue weighted by Crippen LogP contribution is -2.31. The molecule has 0 fully saturated rings. The Bertz CT molecular complexity index is 1500. The Morgan fingerprint density at radius 3 is 1.60 bits per heavy atom. The molecule has 0 unspecified atom stereocenters. The summed E-state index contributed by atoms with van der Waals surface area (Å²) in [5.41, 5.74) is 3.08. The molecule has 2 aromatic rings. The van der Waals surface area contributed by atoms with Crippen molar-refractivity contribution in [1.82, 2.24) is 0 Å². The van der Waals surface area contributed by atoms with E-state index in [9.17, 15) is 9.90 Å². The fourth-order valence-electron chi connectivity index (χ4n) is 4.73. The van der Waals surface area contributed by atoms with Gasteiger partial charge in [0.25, 0.3) is 0 Å². The molecule has 0 N–H and O–H groups in total. The van der Waals surface area contributed by atoms with Gasteiger partial charge < -0.3 is 5.11 Å². The molecule has 0 radical (unpaired) electrons. The van der Waals surface area contributed by atoms with Crippen molar-refractivity contribution in [3.63, 3.8) is 0 Å². The van der Waals surface area contributed by atoms with Crippen LogP contribution >= 0.6 is 11.8 Å². The summed E-state index contributed by atoms with van der Waals surface area (Å²) < 4.78 is 6.39. The number of benzene rings is 1. The molecule has 2 heterocycles. The van der Waals surface area contributed by atoms with E-state index in [-0.39, 0.29) is 44.3 Å². The Morgan fingerprint density at radius 2 is 1.19 bits per heavy atom. The molecule has 2 aliphatic rings. The Labute approximate surface area is 257 Å². The number of hydrogen-bond donors (Lipinski definition) is 0. The molecule has 1 aliphatic carbocycles. The zero-order valence-corrected chi connectivity index (χ0v) is 28.2. The van der Waals surface area contributed by atoms with Gasteiger partial charge in [0.05, 0.1) is 10.8 Å². The molecule has 0 bridgehead atoms. The second-order valence-electron chi connectivity index (χ2n) is 15.5. The van der Waals surface area contributed by atoms with Crippen molar-refractivity contribution in [2.24, 2.45) is 10.8 Å². The smallest absolute Gasteiger partial charge is 0.335 e. The fourth-order valence-corrected chi connectivity index (χ4v) is 5.97. The molecule has 1 aromatic heterocycles. The third kappa shape index (κ3) is 6.59. The van der Waals surface area contributed by atoms with Gasteiger partial charge in [-0.1, -0.05) is 89.4 Å². The van der Waals surface area contributed by atoms with E-state index in [0.717, 1.165) is 28.2 Å². The number of rotatable bonds is 3. The molecule has 0 saturated carbocycles. The molecule has 0 atom stereocenters. The van der Waals surface area contributed by atoms with Crippen LogP contribution in [-0.4, -0.2) is 5.78 Å². The summed E-state index contributed by atoms with van der Waals surface area (Å²) in [4.78, 5) is 16.4. The molecule has 222 valence electrons. The topological polar surface area (TPSA) is 51.4 Å². The van der Waals surface area contributed by atoms with Gasteiger partial charge in [-0.15, -0.1) is 0 Å². The minimum atomic E-state index is -0.259. The van der Waals surface area contributed by atoms with Gasteiger partial charge in [-0.2, -0.15) is 0 Å². The summed E-state index contributed by atoms with van der Waals surface area (Å²) in [5, 5.41) is 13.9. The van der Waals surface area contributed by atoms with Crippen LogP contribution in [0.25, 0.3) is 5.57 Å². The Kier molecular flexibility index (Phi) is 8.23. The number of ketones is 1. The van der Waals surface area contributed by atoms with Crippen LogP contribution in [0.2, 0.25) is 0 Å². The number of allylic oxidation sites excluding steroid dienone is 8. The van der Waals surface area contributed by atoms with E-state index in [1.807, 2.05) is 42.5 Å². The zero-order valence-electron chi connectivity index (χ0n) is 27.4. The van der Waals surface area contributed by atoms with Crippen molar-refractivity contribution in [3.05, 3.63) is 116 Å². The molecule has 3 nitrogen and oxygen atoms in total. The van der Waals surface area contributed by atoms with Crippen molar-refractivity contribution in [1.29, 1.82) is 0 Å². The average molecular weight is 583 g/mol. The lowest BCUT2D eigenvalue weighted by molar-refractivity contribution is -0.300. The molecular weight excluding hydrogens is 536 g/mol. The first kappa shape index (κ1) is 31.8. The molecule has 42 heavy (non-hydrogen) atoms. The van der Waals surface area contributed by atoms with Gasteiger partial charge in [-0.05, 0) is 91.5 Å². The summed E-state index contributed by atoms with van der Waals surface area (Å²) in [5.74, 6) is 1.20. The summed E-state index contributed by atoms with van der Waals surface area (Å²) in [7, 11) is 0. The summed E-state index contributed by atoms with van der Waals surface area (Å²) in [6, 6.07) is 13.7. The van der Waals surface area contributed by atoms with E-state index < -0.39 is 0 Å². The van der Waals surface area contributed by atoms with Crippen LogP contribution in [0.3, 0.4) is 0 Å². The van der Waals surface area contributed by atoms with Crippen molar-refractivity contribution >= 4 is 23.1 Å². The first-order valence-electron chi connectivity index (χ1n) is 14.8. The molecule has 0 amide bonds. The average Bonchev–Trinajstić information content (AvgIpc) is 2.88. The van der Waals surface area contributed by atoms with Crippen LogP contribution in [0.15, 0.2) is 97.4 Å². The standard InChI is InChI=1S/C38H46O3S/c1-35(2,3)27-21-25(22-28(41-27)36(4,5)6)31(24-16-14-13-15-17-24)32-33(39)26(34(32)40)18-23-19-29(37(7,8)9)42-30(20-23)38(10,11)12/h13-22H,1-12H3. The normalized spacial score (nSPS) is 18.0. The lowest BCUT2D eigenvalue weighted by atomic mass is 9.78. The minimum Gasteiger partial charge on any atom is -0.871 e. The predicted octanol–water partition coefficient (Wildman–Crippen LogP) is 9.69. The van der Waals surface area contributed by atoms with Gasteiger partial charge in [-0.3, -0.25) is 4.79 Å². The predicted molar refractivity (Wildman–Crippen MR) is 176 cm³/mol. The van der Waals surface area contributed by atoms with E-state index in [1.165, 1.54) is 9.81 Å². The van der Waals surface area contributed by atoms with Crippen LogP contribution in [0, 0.1) is 10.8 Å². The van der Waals surface area contributed by atoms with Crippen LogP contribution in [0.5, 0.6) is 0 Å². The first-order valence-corrected chi connectivity index (χ1v) is 15.6. The third-order valence-electron chi connectivity index (χ3n) is 7.42. The third-order valence-corrected chi connectivity index (χ3v) is 9.32. The van der Waals surface area contributed by atoms with Gasteiger partial charge in [0.1, 0.15) is 0 Å². The van der Waals surface area contributed by atoms with Crippen LogP contribution < -0.4 is 5.11 Å². The van der Waals surface area contributed by atoms with Crippen LogP contribution in [-0.2, 0) is 15.6 Å². The zero-order chi connectivity index (χ0) is 31.4. The fraction of sp³-hybridized carbons (Fsp3) is 0.421. The minimum absolute atomic E-state index is 0.0494. The van der Waals surface area contributed by atoms with Crippen LogP contribution in [0.1, 0.15) is 106 Å². The second-order valence-corrected chi connectivity index (χ2v) is 16.6. The summed E-state index contributed by atoms with van der Waals surface area (Å²) in [6.45, 7) is 25.8. The summed E-state index contributed by atoms with van der Waals surface area (Å²) >= 11 is 1.79. The number of carbonyl (C=O) groups is 1. The van der Waals surface area contributed by atoms with Crippen LogP contribution in [0.4, 0.5) is 0 Å². The number of thioether (sulfide) groups is 1. The van der Waals surface area contributed by atoms with Gasteiger partial charge in [0.15, 0.2) is 5.78 Å². The highest BCUT2D eigenvalue weighted by Gasteiger charge is 2.37. The van der Waals surface area contributed by atoms with Crippen molar-refractivity contribution in [2.45, 2.75) is 93.9 Å². The quantitative estimate of drug-likeness (QED) is 0.267. The second kappa shape index (κ2) is 10.9.